The summed E-state index contributed by atoms with van der Waals surface area (Å²) in [4.78, 5) is 0. The Bertz CT molecular complexity index is 545. The summed E-state index contributed by atoms with van der Waals surface area (Å²) in [5.74, 6) is 0. The lowest BCUT2D eigenvalue weighted by Gasteiger charge is -2.07. The molecule has 0 saturated carbocycles. The Morgan fingerprint density at radius 3 is 2.61 bits per heavy atom. The molecule has 0 heterocycles. The van der Waals surface area contributed by atoms with Crippen molar-refractivity contribution < 1.29 is 4.74 Å². The van der Waals surface area contributed by atoms with Gasteiger partial charge in [0.05, 0.1) is 13.2 Å². The van der Waals surface area contributed by atoms with Crippen molar-refractivity contribution in [1.29, 1.82) is 0 Å². The van der Waals surface area contributed by atoms with Crippen LogP contribution in [0.1, 0.15) is 11.1 Å². The molecule has 0 saturated heterocycles. The number of hydrogen-bond acceptors (Lipinski definition) is 2. The third kappa shape index (κ3) is 3.48. The number of ether oxygens (including phenoxy) is 1. The van der Waals surface area contributed by atoms with Crippen molar-refractivity contribution in [3.8, 4) is 0 Å². The molecule has 0 aromatic heterocycles. The van der Waals surface area contributed by atoms with E-state index >= 15 is 0 Å². The monoisotopic (exact) mass is 325 g/mol. The first-order valence-corrected chi connectivity index (χ1v) is 6.69. The van der Waals surface area contributed by atoms with Crippen LogP contribution in [-0.2, 0) is 18.0 Å². The summed E-state index contributed by atoms with van der Waals surface area (Å²) < 4.78 is 6.53. The third-order valence-electron chi connectivity index (χ3n) is 2.54. The predicted molar refractivity (Wildman–Crippen MR) is 78.5 cm³/mol. The molecule has 0 amide bonds. The second kappa shape index (κ2) is 6.23. The Hall–Kier alpha value is -1.03. The number of hydrogen-bond donors (Lipinski definition) is 1. The molecule has 2 aromatic rings. The predicted octanol–water partition coefficient (Wildman–Crippen LogP) is 4.40. The molecule has 0 aliphatic heterocycles. The summed E-state index contributed by atoms with van der Waals surface area (Å²) >= 11 is 9.41. The first kappa shape index (κ1) is 13.4. The summed E-state index contributed by atoms with van der Waals surface area (Å²) in [7, 11) is 0. The molecule has 2 N–H and O–H groups in total. The van der Waals surface area contributed by atoms with Crippen LogP contribution in [0, 0.1) is 0 Å². The van der Waals surface area contributed by atoms with Gasteiger partial charge in [0, 0.05) is 15.2 Å². The van der Waals surface area contributed by atoms with Crippen LogP contribution >= 0.6 is 27.5 Å². The highest BCUT2D eigenvalue weighted by molar-refractivity contribution is 9.10. The van der Waals surface area contributed by atoms with Gasteiger partial charge < -0.3 is 10.5 Å². The van der Waals surface area contributed by atoms with Crippen molar-refractivity contribution >= 4 is 33.2 Å². The SMILES string of the molecule is Nc1cc(COCc2ccccc2Cl)ccc1Br. The smallest absolute Gasteiger partial charge is 0.0735 e. The molecule has 0 fully saturated rings. The molecule has 18 heavy (non-hydrogen) atoms. The van der Waals surface area contributed by atoms with E-state index in [2.05, 4.69) is 15.9 Å². The first-order chi connectivity index (χ1) is 8.66. The van der Waals surface area contributed by atoms with Crippen molar-refractivity contribution in [2.75, 3.05) is 5.73 Å². The summed E-state index contributed by atoms with van der Waals surface area (Å²) in [5.41, 5.74) is 8.55. The molecule has 2 aromatic carbocycles. The van der Waals surface area contributed by atoms with Gasteiger partial charge in [-0.25, -0.2) is 0 Å². The van der Waals surface area contributed by atoms with Crippen LogP contribution in [-0.4, -0.2) is 0 Å². The van der Waals surface area contributed by atoms with Crippen LogP contribution in [0.4, 0.5) is 5.69 Å². The molecule has 4 heteroatoms. The molecule has 2 nitrogen and oxygen atoms in total. The van der Waals surface area contributed by atoms with Gasteiger partial charge in [0.25, 0.3) is 0 Å². The first-order valence-electron chi connectivity index (χ1n) is 5.52. The van der Waals surface area contributed by atoms with Gasteiger partial charge in [0.15, 0.2) is 0 Å². The zero-order chi connectivity index (χ0) is 13.0. The Labute approximate surface area is 120 Å². The van der Waals surface area contributed by atoms with E-state index in [0.29, 0.717) is 18.9 Å². The van der Waals surface area contributed by atoms with Gasteiger partial charge in [-0.05, 0) is 45.3 Å². The molecule has 0 radical (unpaired) electrons. The molecule has 0 spiro atoms. The van der Waals surface area contributed by atoms with E-state index in [1.807, 2.05) is 42.5 Å². The van der Waals surface area contributed by atoms with E-state index in [4.69, 9.17) is 22.1 Å². The summed E-state index contributed by atoms with van der Waals surface area (Å²) in [6, 6.07) is 13.5. The van der Waals surface area contributed by atoms with E-state index in [1.165, 1.54) is 0 Å². The van der Waals surface area contributed by atoms with E-state index in [9.17, 15) is 0 Å². The lowest BCUT2D eigenvalue weighted by molar-refractivity contribution is 0.107. The zero-order valence-electron chi connectivity index (χ0n) is 9.70. The number of nitrogens with two attached hydrogens (primary N) is 1. The molecular formula is C14H13BrClNO. The van der Waals surface area contributed by atoms with Crippen LogP contribution in [0.25, 0.3) is 0 Å². The van der Waals surface area contributed by atoms with Gasteiger partial charge in [0.1, 0.15) is 0 Å². The second-order valence-electron chi connectivity index (χ2n) is 3.94. The van der Waals surface area contributed by atoms with E-state index < -0.39 is 0 Å². The Morgan fingerprint density at radius 1 is 1.11 bits per heavy atom. The van der Waals surface area contributed by atoms with Crippen molar-refractivity contribution in [3.63, 3.8) is 0 Å². The van der Waals surface area contributed by atoms with Crippen LogP contribution in [0.15, 0.2) is 46.9 Å². The van der Waals surface area contributed by atoms with Gasteiger partial charge in [-0.15, -0.1) is 0 Å². The highest BCUT2D eigenvalue weighted by Crippen LogP contribution is 2.21. The van der Waals surface area contributed by atoms with Gasteiger partial charge in [-0.2, -0.15) is 0 Å². The lowest BCUT2D eigenvalue weighted by atomic mass is 10.2. The van der Waals surface area contributed by atoms with Crippen LogP contribution < -0.4 is 5.73 Å². The minimum Gasteiger partial charge on any atom is -0.398 e. The van der Waals surface area contributed by atoms with Gasteiger partial charge >= 0.3 is 0 Å². The highest BCUT2D eigenvalue weighted by Gasteiger charge is 2.01. The molecule has 2 rings (SSSR count). The van der Waals surface area contributed by atoms with Crippen LogP contribution in [0.2, 0.25) is 5.02 Å². The molecule has 0 atom stereocenters. The van der Waals surface area contributed by atoms with Gasteiger partial charge in [-0.3, -0.25) is 0 Å². The molecule has 0 aliphatic rings. The number of anilines is 1. The van der Waals surface area contributed by atoms with Crippen molar-refractivity contribution in [2.24, 2.45) is 0 Å². The molecule has 94 valence electrons. The van der Waals surface area contributed by atoms with Crippen LogP contribution in [0.5, 0.6) is 0 Å². The fraction of sp³-hybridized carbons (Fsp3) is 0.143. The van der Waals surface area contributed by atoms with Crippen molar-refractivity contribution in [2.45, 2.75) is 13.2 Å². The maximum atomic E-state index is 6.05. The van der Waals surface area contributed by atoms with E-state index in [0.717, 1.165) is 20.6 Å². The Kier molecular flexibility index (Phi) is 4.64. The number of nitrogen functional groups attached to an aromatic ring is 1. The lowest BCUT2D eigenvalue weighted by Crippen LogP contribution is -1.96. The fourth-order valence-corrected chi connectivity index (χ4v) is 2.01. The van der Waals surface area contributed by atoms with E-state index in [1.54, 1.807) is 0 Å². The number of rotatable bonds is 4. The van der Waals surface area contributed by atoms with Crippen molar-refractivity contribution in [3.05, 3.63) is 63.1 Å². The largest absolute Gasteiger partial charge is 0.398 e. The molecular weight excluding hydrogens is 314 g/mol. The quantitative estimate of drug-likeness (QED) is 0.845. The zero-order valence-corrected chi connectivity index (χ0v) is 12.0. The Morgan fingerprint density at radius 2 is 1.89 bits per heavy atom. The van der Waals surface area contributed by atoms with Crippen LogP contribution in [0.3, 0.4) is 0 Å². The maximum absolute atomic E-state index is 6.05. The van der Waals surface area contributed by atoms with Crippen molar-refractivity contribution in [1.82, 2.24) is 0 Å². The topological polar surface area (TPSA) is 35.2 Å². The average molecular weight is 327 g/mol. The third-order valence-corrected chi connectivity index (χ3v) is 3.64. The van der Waals surface area contributed by atoms with Gasteiger partial charge in [-0.1, -0.05) is 35.9 Å². The highest BCUT2D eigenvalue weighted by atomic mass is 79.9. The summed E-state index contributed by atoms with van der Waals surface area (Å²) in [5, 5.41) is 0.729. The summed E-state index contributed by atoms with van der Waals surface area (Å²) in [6.45, 7) is 1.01. The summed E-state index contributed by atoms with van der Waals surface area (Å²) in [6.07, 6.45) is 0. The molecule has 0 bridgehead atoms. The minimum atomic E-state index is 0.496. The number of benzene rings is 2. The van der Waals surface area contributed by atoms with E-state index in [-0.39, 0.29) is 0 Å². The maximum Gasteiger partial charge on any atom is 0.0735 e. The number of halogens is 2. The second-order valence-corrected chi connectivity index (χ2v) is 5.20. The fourth-order valence-electron chi connectivity index (χ4n) is 1.58. The minimum absolute atomic E-state index is 0.496. The molecule has 0 aliphatic carbocycles. The average Bonchev–Trinajstić information content (AvgIpc) is 2.36. The van der Waals surface area contributed by atoms with Gasteiger partial charge in [0.2, 0.25) is 0 Å². The molecule has 0 unspecified atom stereocenters. The normalized spacial score (nSPS) is 10.6. The standard InChI is InChI=1S/C14H13BrClNO/c15-12-6-5-10(7-14(12)17)8-18-9-11-3-1-2-4-13(11)16/h1-7H,8-9,17H2. The Balaban J connectivity index is 1.92.